The predicted molar refractivity (Wildman–Crippen MR) is 51.2 cm³/mol. The second-order valence-electron chi connectivity index (χ2n) is 3.35. The minimum Gasteiger partial charge on any atom is -0.279 e. The number of carbonyl (C=O) groups is 1. The summed E-state index contributed by atoms with van der Waals surface area (Å²) < 4.78 is 13.1. The van der Waals surface area contributed by atoms with Gasteiger partial charge in [0.2, 0.25) is 5.78 Å². The normalized spacial score (nSPS) is 14.4. The van der Waals surface area contributed by atoms with Crippen LogP contribution in [-0.4, -0.2) is 5.78 Å². The summed E-state index contributed by atoms with van der Waals surface area (Å²) in [5, 5.41) is 0. The molecule has 0 bridgehead atoms. The monoisotopic (exact) mass is 188 g/mol. The molecule has 0 aromatic heterocycles. The van der Waals surface area contributed by atoms with Crippen LogP contribution in [0.5, 0.6) is 0 Å². The quantitative estimate of drug-likeness (QED) is 0.376. The summed E-state index contributed by atoms with van der Waals surface area (Å²) in [6.07, 6.45) is 2.13. The molecule has 2 rings (SSSR count). The topological polar surface area (TPSA) is 17.1 Å². The van der Waals surface area contributed by atoms with Crippen LogP contribution in [0.25, 0.3) is 0 Å². The molecule has 0 atom stereocenters. The van der Waals surface area contributed by atoms with Crippen LogP contribution in [0, 0.1) is 23.6 Å². The van der Waals surface area contributed by atoms with E-state index in [1.54, 1.807) is 12.1 Å². The molecule has 1 aromatic rings. The van der Waals surface area contributed by atoms with Gasteiger partial charge in [0.15, 0.2) is 0 Å². The zero-order valence-electron chi connectivity index (χ0n) is 7.59. The Labute approximate surface area is 81.9 Å². The van der Waals surface area contributed by atoms with E-state index in [9.17, 15) is 9.18 Å². The minimum atomic E-state index is -0.498. The third-order valence-corrected chi connectivity index (χ3v) is 2.09. The maximum Gasteiger partial charge on any atom is 0.238 e. The molecule has 0 amide bonds. The standard InChI is InChI=1S/C12H9FO/c13-11-4-2-1-3-10(11)12(14)8-7-9-5-6-9/h1-4,9H,5-6H2. The molecule has 0 saturated heterocycles. The Morgan fingerprint density at radius 1 is 1.36 bits per heavy atom. The Hall–Kier alpha value is -1.62. The van der Waals surface area contributed by atoms with Gasteiger partial charge in [-0.15, -0.1) is 0 Å². The van der Waals surface area contributed by atoms with E-state index in [2.05, 4.69) is 11.8 Å². The summed E-state index contributed by atoms with van der Waals surface area (Å²) in [6, 6.07) is 5.92. The van der Waals surface area contributed by atoms with E-state index < -0.39 is 11.6 Å². The Bertz CT molecular complexity index is 421. The molecule has 1 aliphatic rings. The van der Waals surface area contributed by atoms with E-state index in [1.165, 1.54) is 12.1 Å². The van der Waals surface area contributed by atoms with E-state index >= 15 is 0 Å². The maximum atomic E-state index is 13.1. The minimum absolute atomic E-state index is 0.0700. The molecular formula is C12H9FO. The Morgan fingerprint density at radius 2 is 2.07 bits per heavy atom. The van der Waals surface area contributed by atoms with Crippen molar-refractivity contribution in [2.75, 3.05) is 0 Å². The Morgan fingerprint density at radius 3 is 2.71 bits per heavy atom. The van der Waals surface area contributed by atoms with Crippen molar-refractivity contribution < 1.29 is 9.18 Å². The largest absolute Gasteiger partial charge is 0.279 e. The number of hydrogen-bond donors (Lipinski definition) is 0. The van der Waals surface area contributed by atoms with E-state index in [-0.39, 0.29) is 5.56 Å². The fraction of sp³-hybridized carbons (Fsp3) is 0.250. The van der Waals surface area contributed by atoms with E-state index in [1.807, 2.05) is 0 Å². The van der Waals surface area contributed by atoms with Gasteiger partial charge in [0, 0.05) is 5.92 Å². The lowest BCUT2D eigenvalue weighted by Gasteiger charge is -1.94. The van der Waals surface area contributed by atoms with Crippen LogP contribution in [0.2, 0.25) is 0 Å². The van der Waals surface area contributed by atoms with E-state index in [0.717, 1.165) is 12.8 Å². The molecule has 0 radical (unpaired) electrons. The van der Waals surface area contributed by atoms with Crippen LogP contribution in [0.4, 0.5) is 4.39 Å². The van der Waals surface area contributed by atoms with Crippen molar-refractivity contribution in [2.45, 2.75) is 12.8 Å². The molecule has 0 unspecified atom stereocenters. The number of benzene rings is 1. The van der Waals surface area contributed by atoms with Gasteiger partial charge in [0.05, 0.1) is 5.56 Å². The van der Waals surface area contributed by atoms with E-state index in [4.69, 9.17) is 0 Å². The first-order valence-corrected chi connectivity index (χ1v) is 4.58. The molecule has 70 valence electrons. The molecule has 1 saturated carbocycles. The zero-order chi connectivity index (χ0) is 9.97. The van der Waals surface area contributed by atoms with Gasteiger partial charge < -0.3 is 0 Å². The number of Topliss-reactive ketones (excluding diaryl/α,β-unsaturated/α-hetero) is 1. The van der Waals surface area contributed by atoms with Crippen LogP contribution in [0.15, 0.2) is 24.3 Å². The lowest BCUT2D eigenvalue weighted by atomic mass is 10.1. The smallest absolute Gasteiger partial charge is 0.238 e. The third kappa shape index (κ3) is 2.00. The van der Waals surface area contributed by atoms with Crippen LogP contribution >= 0.6 is 0 Å². The molecular weight excluding hydrogens is 179 g/mol. The van der Waals surface area contributed by atoms with Crippen molar-refractivity contribution in [1.82, 2.24) is 0 Å². The second-order valence-corrected chi connectivity index (χ2v) is 3.35. The highest BCUT2D eigenvalue weighted by molar-refractivity contribution is 6.09. The summed E-state index contributed by atoms with van der Waals surface area (Å²) in [5.41, 5.74) is 0.0700. The lowest BCUT2D eigenvalue weighted by molar-refractivity contribution is 0.105. The summed E-state index contributed by atoms with van der Waals surface area (Å²) in [7, 11) is 0. The van der Waals surface area contributed by atoms with Gasteiger partial charge in [-0.3, -0.25) is 4.79 Å². The first kappa shape index (κ1) is 8.96. The van der Waals surface area contributed by atoms with Crippen LogP contribution in [0.1, 0.15) is 23.2 Å². The molecule has 0 aliphatic heterocycles. The third-order valence-electron chi connectivity index (χ3n) is 2.09. The highest BCUT2D eigenvalue weighted by Gasteiger charge is 2.18. The fourth-order valence-corrected chi connectivity index (χ4v) is 1.11. The van der Waals surface area contributed by atoms with Crippen molar-refractivity contribution in [1.29, 1.82) is 0 Å². The predicted octanol–water partition coefficient (Wildman–Crippen LogP) is 2.42. The molecule has 1 nitrogen and oxygen atoms in total. The van der Waals surface area contributed by atoms with Gasteiger partial charge in [-0.1, -0.05) is 18.1 Å². The summed E-state index contributed by atoms with van der Waals surface area (Å²) in [4.78, 5) is 11.4. The lowest BCUT2D eigenvalue weighted by Crippen LogP contribution is -1.98. The summed E-state index contributed by atoms with van der Waals surface area (Å²) in [6.45, 7) is 0. The van der Waals surface area contributed by atoms with Crippen molar-refractivity contribution in [3.8, 4) is 11.8 Å². The van der Waals surface area contributed by atoms with Gasteiger partial charge >= 0.3 is 0 Å². The van der Waals surface area contributed by atoms with Gasteiger partial charge in [-0.2, -0.15) is 0 Å². The average Bonchev–Trinajstić information content (AvgIpc) is 2.98. The Balaban J connectivity index is 2.19. The molecule has 0 spiro atoms. The highest BCUT2D eigenvalue weighted by atomic mass is 19.1. The fourth-order valence-electron chi connectivity index (χ4n) is 1.11. The molecule has 1 aromatic carbocycles. The number of carbonyl (C=O) groups excluding carboxylic acids is 1. The van der Waals surface area contributed by atoms with Gasteiger partial charge in [0.25, 0.3) is 0 Å². The van der Waals surface area contributed by atoms with Gasteiger partial charge in [-0.25, -0.2) is 4.39 Å². The summed E-state index contributed by atoms with van der Waals surface area (Å²) >= 11 is 0. The second kappa shape index (κ2) is 3.63. The molecule has 0 N–H and O–H groups in total. The molecule has 0 heterocycles. The SMILES string of the molecule is O=C(C#CC1CC1)c1ccccc1F. The summed E-state index contributed by atoms with van der Waals surface area (Å²) in [5.74, 6) is 4.74. The first-order chi connectivity index (χ1) is 6.77. The number of hydrogen-bond acceptors (Lipinski definition) is 1. The van der Waals surface area contributed by atoms with Crippen molar-refractivity contribution in [2.24, 2.45) is 5.92 Å². The average molecular weight is 188 g/mol. The van der Waals surface area contributed by atoms with E-state index in [0.29, 0.717) is 5.92 Å². The van der Waals surface area contributed by atoms with Gasteiger partial charge in [-0.05, 0) is 30.9 Å². The zero-order valence-corrected chi connectivity index (χ0v) is 7.59. The van der Waals surface area contributed by atoms with Crippen molar-refractivity contribution >= 4 is 5.78 Å². The van der Waals surface area contributed by atoms with Crippen molar-refractivity contribution in [3.63, 3.8) is 0 Å². The van der Waals surface area contributed by atoms with Crippen molar-refractivity contribution in [3.05, 3.63) is 35.6 Å². The van der Waals surface area contributed by atoms with Crippen LogP contribution < -0.4 is 0 Å². The van der Waals surface area contributed by atoms with Gasteiger partial charge in [0.1, 0.15) is 5.82 Å². The Kier molecular flexibility index (Phi) is 2.32. The molecule has 1 aliphatic carbocycles. The van der Waals surface area contributed by atoms with Crippen LogP contribution in [-0.2, 0) is 0 Å². The number of rotatable bonds is 1. The molecule has 1 fully saturated rings. The maximum absolute atomic E-state index is 13.1. The number of ketones is 1. The number of halogens is 1. The van der Waals surface area contributed by atoms with Crippen LogP contribution in [0.3, 0.4) is 0 Å². The molecule has 2 heteroatoms. The first-order valence-electron chi connectivity index (χ1n) is 4.58. The highest BCUT2D eigenvalue weighted by Crippen LogP contribution is 2.27. The molecule has 14 heavy (non-hydrogen) atoms.